The summed E-state index contributed by atoms with van der Waals surface area (Å²) in [5.41, 5.74) is 6.84. The summed E-state index contributed by atoms with van der Waals surface area (Å²) < 4.78 is 12.6. The number of carbonyl (C=O) groups excluding carboxylic acids is 1. The Kier molecular flexibility index (Phi) is 3.00. The summed E-state index contributed by atoms with van der Waals surface area (Å²) in [5.74, 6) is -0.946. The van der Waals surface area contributed by atoms with Crippen molar-refractivity contribution in [3.8, 4) is 0 Å². The molecule has 3 N–H and O–H groups in total. The lowest BCUT2D eigenvalue weighted by molar-refractivity contribution is 0.102. The monoisotopic (exact) mass is 231 g/mol. The second-order valence-corrected chi connectivity index (χ2v) is 3.41. The van der Waals surface area contributed by atoms with Gasteiger partial charge in [0.25, 0.3) is 5.91 Å². The first kappa shape index (κ1) is 11.1. The largest absolute Gasteiger partial charge is 0.398 e. The third-order valence-corrected chi connectivity index (χ3v) is 2.19. The lowest BCUT2D eigenvalue weighted by Gasteiger charge is -2.06. The molecular weight excluding hydrogens is 221 g/mol. The molecule has 1 aromatic heterocycles. The molecule has 5 heteroatoms. The number of pyridine rings is 1. The summed E-state index contributed by atoms with van der Waals surface area (Å²) in [5, 5.41) is 2.58. The molecular formula is C12H10FN3O. The van der Waals surface area contributed by atoms with Gasteiger partial charge in [-0.2, -0.15) is 4.39 Å². The summed E-state index contributed by atoms with van der Waals surface area (Å²) in [6, 6.07) is 9.31. The van der Waals surface area contributed by atoms with Gasteiger partial charge in [0.15, 0.2) is 0 Å². The van der Waals surface area contributed by atoms with Gasteiger partial charge in [-0.15, -0.1) is 0 Å². The SMILES string of the molecule is Nc1ccccc1C(=O)Nc1ccc(F)nc1. The Morgan fingerprint density at radius 2 is 2.00 bits per heavy atom. The van der Waals surface area contributed by atoms with Crippen molar-refractivity contribution >= 4 is 17.3 Å². The third kappa shape index (κ3) is 2.57. The highest BCUT2D eigenvalue weighted by Crippen LogP contribution is 2.13. The minimum Gasteiger partial charge on any atom is -0.398 e. The Morgan fingerprint density at radius 3 is 2.65 bits per heavy atom. The van der Waals surface area contributed by atoms with Crippen molar-refractivity contribution in [3.63, 3.8) is 0 Å². The van der Waals surface area contributed by atoms with Crippen LogP contribution in [-0.4, -0.2) is 10.9 Å². The van der Waals surface area contributed by atoms with Crippen LogP contribution in [0.25, 0.3) is 0 Å². The molecule has 0 unspecified atom stereocenters. The zero-order valence-corrected chi connectivity index (χ0v) is 8.85. The number of aromatic nitrogens is 1. The quantitative estimate of drug-likeness (QED) is 0.614. The van der Waals surface area contributed by atoms with Crippen molar-refractivity contribution in [3.05, 3.63) is 54.1 Å². The fourth-order valence-corrected chi connectivity index (χ4v) is 1.35. The molecule has 2 aromatic rings. The summed E-state index contributed by atoms with van der Waals surface area (Å²) in [4.78, 5) is 15.2. The molecule has 17 heavy (non-hydrogen) atoms. The highest BCUT2D eigenvalue weighted by atomic mass is 19.1. The number of anilines is 2. The van der Waals surface area contributed by atoms with Crippen LogP contribution in [0.4, 0.5) is 15.8 Å². The van der Waals surface area contributed by atoms with E-state index in [1.54, 1.807) is 24.3 Å². The van der Waals surface area contributed by atoms with E-state index in [1.165, 1.54) is 18.3 Å². The number of nitrogen functional groups attached to an aromatic ring is 1. The molecule has 1 aromatic carbocycles. The Labute approximate surface area is 97.3 Å². The smallest absolute Gasteiger partial charge is 0.257 e. The number of nitrogens with two attached hydrogens (primary N) is 1. The standard InChI is InChI=1S/C12H10FN3O/c13-11-6-5-8(7-15-11)16-12(17)9-3-1-2-4-10(9)14/h1-7H,14H2,(H,16,17). The lowest BCUT2D eigenvalue weighted by Crippen LogP contribution is -2.14. The maximum absolute atomic E-state index is 12.6. The zero-order chi connectivity index (χ0) is 12.3. The van der Waals surface area contributed by atoms with Crippen LogP contribution in [-0.2, 0) is 0 Å². The van der Waals surface area contributed by atoms with Gasteiger partial charge in [0.2, 0.25) is 5.95 Å². The van der Waals surface area contributed by atoms with E-state index in [1.807, 2.05) is 0 Å². The number of hydrogen-bond donors (Lipinski definition) is 2. The second kappa shape index (κ2) is 4.61. The van der Waals surface area contributed by atoms with Crippen LogP contribution in [0.15, 0.2) is 42.6 Å². The van der Waals surface area contributed by atoms with Gasteiger partial charge < -0.3 is 11.1 Å². The average Bonchev–Trinajstić information content (AvgIpc) is 2.32. The molecule has 0 aliphatic rings. The minimum atomic E-state index is -0.595. The van der Waals surface area contributed by atoms with Gasteiger partial charge in [0.1, 0.15) is 0 Å². The fourth-order valence-electron chi connectivity index (χ4n) is 1.35. The molecule has 0 spiro atoms. The van der Waals surface area contributed by atoms with Gasteiger partial charge in [-0.05, 0) is 24.3 Å². The van der Waals surface area contributed by atoms with Gasteiger partial charge in [0.05, 0.1) is 17.4 Å². The van der Waals surface area contributed by atoms with E-state index in [-0.39, 0.29) is 5.91 Å². The molecule has 1 amide bonds. The number of para-hydroxylation sites is 1. The molecule has 0 saturated heterocycles. The molecule has 86 valence electrons. The van der Waals surface area contributed by atoms with Crippen LogP contribution in [0.3, 0.4) is 0 Å². The van der Waals surface area contributed by atoms with E-state index in [2.05, 4.69) is 10.3 Å². The van der Waals surface area contributed by atoms with Gasteiger partial charge in [-0.3, -0.25) is 4.79 Å². The molecule has 0 radical (unpaired) electrons. The van der Waals surface area contributed by atoms with Gasteiger partial charge in [-0.1, -0.05) is 12.1 Å². The normalized spacial score (nSPS) is 9.94. The van der Waals surface area contributed by atoms with Crippen LogP contribution in [0.1, 0.15) is 10.4 Å². The average molecular weight is 231 g/mol. The lowest BCUT2D eigenvalue weighted by atomic mass is 10.1. The number of halogens is 1. The van der Waals surface area contributed by atoms with E-state index in [0.717, 1.165) is 0 Å². The first-order valence-corrected chi connectivity index (χ1v) is 4.94. The molecule has 0 fully saturated rings. The predicted molar refractivity (Wildman–Crippen MR) is 63.0 cm³/mol. The topological polar surface area (TPSA) is 68.0 Å². The molecule has 0 bridgehead atoms. The minimum absolute atomic E-state index is 0.350. The maximum Gasteiger partial charge on any atom is 0.257 e. The summed E-state index contributed by atoms with van der Waals surface area (Å²) >= 11 is 0. The number of amides is 1. The molecule has 2 rings (SSSR count). The Hall–Kier alpha value is -2.43. The summed E-state index contributed by atoms with van der Waals surface area (Å²) in [7, 11) is 0. The van der Waals surface area contributed by atoms with Gasteiger partial charge >= 0.3 is 0 Å². The van der Waals surface area contributed by atoms with Crippen LogP contribution < -0.4 is 11.1 Å². The van der Waals surface area contributed by atoms with Gasteiger partial charge in [-0.25, -0.2) is 4.98 Å². The summed E-state index contributed by atoms with van der Waals surface area (Å²) in [6.07, 6.45) is 1.24. The fraction of sp³-hybridized carbons (Fsp3) is 0. The molecule has 0 aliphatic carbocycles. The molecule has 0 atom stereocenters. The molecule has 1 heterocycles. The number of nitrogens with zero attached hydrogens (tertiary/aromatic N) is 1. The number of hydrogen-bond acceptors (Lipinski definition) is 3. The predicted octanol–water partition coefficient (Wildman–Crippen LogP) is 2.06. The maximum atomic E-state index is 12.6. The van der Waals surface area contributed by atoms with Crippen molar-refractivity contribution in [1.29, 1.82) is 0 Å². The number of benzene rings is 1. The highest BCUT2D eigenvalue weighted by molar-refractivity contribution is 6.07. The van der Waals surface area contributed by atoms with Crippen LogP contribution >= 0.6 is 0 Å². The van der Waals surface area contributed by atoms with Crippen molar-refractivity contribution < 1.29 is 9.18 Å². The van der Waals surface area contributed by atoms with Crippen LogP contribution in [0.2, 0.25) is 0 Å². The third-order valence-electron chi connectivity index (χ3n) is 2.19. The molecule has 4 nitrogen and oxygen atoms in total. The van der Waals surface area contributed by atoms with E-state index in [0.29, 0.717) is 16.9 Å². The number of carbonyl (C=O) groups is 1. The summed E-state index contributed by atoms with van der Waals surface area (Å²) in [6.45, 7) is 0. The Bertz CT molecular complexity index is 540. The van der Waals surface area contributed by atoms with Crippen LogP contribution in [0, 0.1) is 5.95 Å². The highest BCUT2D eigenvalue weighted by Gasteiger charge is 2.08. The van der Waals surface area contributed by atoms with Crippen LogP contribution in [0.5, 0.6) is 0 Å². The zero-order valence-electron chi connectivity index (χ0n) is 8.85. The van der Waals surface area contributed by atoms with E-state index in [4.69, 9.17) is 5.73 Å². The first-order chi connectivity index (χ1) is 8.16. The van der Waals surface area contributed by atoms with Crippen molar-refractivity contribution in [1.82, 2.24) is 4.98 Å². The second-order valence-electron chi connectivity index (χ2n) is 3.41. The molecule has 0 saturated carbocycles. The van der Waals surface area contributed by atoms with E-state index < -0.39 is 5.95 Å². The van der Waals surface area contributed by atoms with Crippen molar-refractivity contribution in [2.75, 3.05) is 11.1 Å². The van der Waals surface area contributed by atoms with E-state index in [9.17, 15) is 9.18 Å². The van der Waals surface area contributed by atoms with Gasteiger partial charge in [0, 0.05) is 5.69 Å². The van der Waals surface area contributed by atoms with Crippen molar-refractivity contribution in [2.24, 2.45) is 0 Å². The van der Waals surface area contributed by atoms with E-state index >= 15 is 0 Å². The van der Waals surface area contributed by atoms with Crippen molar-refractivity contribution in [2.45, 2.75) is 0 Å². The first-order valence-electron chi connectivity index (χ1n) is 4.94. The number of rotatable bonds is 2. The number of nitrogens with one attached hydrogen (secondary N) is 1. The Balaban J connectivity index is 2.17. The molecule has 0 aliphatic heterocycles. The Morgan fingerprint density at radius 1 is 1.24 bits per heavy atom.